The average Bonchev–Trinajstić information content (AvgIpc) is 3.16. The summed E-state index contributed by atoms with van der Waals surface area (Å²) in [7, 11) is 0. The van der Waals surface area contributed by atoms with Gasteiger partial charge in [-0.25, -0.2) is 4.98 Å². The lowest BCUT2D eigenvalue weighted by molar-refractivity contribution is -0.120. The molecule has 1 aromatic heterocycles. The fraction of sp³-hybridized carbons (Fsp3) is 0.643. The maximum absolute atomic E-state index is 12.8. The summed E-state index contributed by atoms with van der Waals surface area (Å²) in [6.07, 6.45) is -0.442. The van der Waals surface area contributed by atoms with Crippen LogP contribution in [0, 0.1) is 0 Å². The highest BCUT2D eigenvalue weighted by atomic mass is 79.9. The molecule has 0 unspecified atom stereocenters. The highest BCUT2D eigenvalue weighted by Gasteiger charge is 2.33. The van der Waals surface area contributed by atoms with Crippen LogP contribution in [0.25, 0.3) is 0 Å². The van der Waals surface area contributed by atoms with Crippen LogP contribution in [0.1, 0.15) is 32.3 Å². The van der Waals surface area contributed by atoms with E-state index >= 15 is 0 Å². The van der Waals surface area contributed by atoms with Crippen molar-refractivity contribution in [3.8, 4) is 0 Å². The third kappa shape index (κ3) is 5.14. The highest BCUT2D eigenvalue weighted by Crippen LogP contribution is 2.28. The van der Waals surface area contributed by atoms with Gasteiger partial charge in [0.05, 0.1) is 0 Å². The zero-order chi connectivity index (χ0) is 15.6. The van der Waals surface area contributed by atoms with Crippen molar-refractivity contribution in [3.05, 3.63) is 22.3 Å². The van der Waals surface area contributed by atoms with E-state index in [4.69, 9.17) is 0 Å². The first-order chi connectivity index (χ1) is 9.76. The van der Waals surface area contributed by atoms with Crippen molar-refractivity contribution in [1.29, 1.82) is 0 Å². The van der Waals surface area contributed by atoms with Crippen molar-refractivity contribution in [3.63, 3.8) is 0 Å². The van der Waals surface area contributed by atoms with Crippen LogP contribution in [0.15, 0.2) is 16.7 Å². The first-order valence-electron chi connectivity index (χ1n) is 6.97. The molecule has 0 aliphatic heterocycles. The van der Waals surface area contributed by atoms with E-state index < -0.39 is 12.7 Å². The van der Waals surface area contributed by atoms with E-state index in [0.717, 1.165) is 22.9 Å². The minimum absolute atomic E-state index is 0.278. The number of hydrogen-bond donors (Lipinski definition) is 1. The Labute approximate surface area is 131 Å². The molecule has 1 N–H and O–H groups in total. The van der Waals surface area contributed by atoms with Crippen molar-refractivity contribution < 1.29 is 13.2 Å². The topological polar surface area (TPSA) is 28.2 Å². The van der Waals surface area contributed by atoms with Crippen LogP contribution in [0.4, 0.5) is 19.0 Å². The summed E-state index contributed by atoms with van der Waals surface area (Å²) in [5.74, 6) is 0.402. The zero-order valence-corrected chi connectivity index (χ0v) is 13.6. The lowest BCUT2D eigenvalue weighted by Crippen LogP contribution is -2.40. The number of rotatable bonds is 6. The second-order valence-corrected chi connectivity index (χ2v) is 6.54. The molecule has 3 nitrogen and oxygen atoms in total. The molecule has 0 aromatic carbocycles. The van der Waals surface area contributed by atoms with Gasteiger partial charge in [0.25, 0.3) is 0 Å². The van der Waals surface area contributed by atoms with Crippen molar-refractivity contribution in [2.24, 2.45) is 0 Å². The Bertz CT molecular complexity index is 487. The van der Waals surface area contributed by atoms with Crippen LogP contribution in [0.2, 0.25) is 0 Å². The average molecular weight is 366 g/mol. The molecule has 1 fully saturated rings. The fourth-order valence-corrected chi connectivity index (χ4v) is 2.48. The van der Waals surface area contributed by atoms with Gasteiger partial charge in [-0.1, -0.05) is 0 Å². The molecule has 7 heteroatoms. The molecule has 1 aliphatic rings. The molecule has 21 heavy (non-hydrogen) atoms. The van der Waals surface area contributed by atoms with E-state index in [2.05, 4.69) is 26.2 Å². The van der Waals surface area contributed by atoms with Gasteiger partial charge in [0.2, 0.25) is 0 Å². The molecule has 0 amide bonds. The third-order valence-corrected chi connectivity index (χ3v) is 3.75. The normalized spacial score (nSPS) is 15.6. The van der Waals surface area contributed by atoms with E-state index in [-0.39, 0.29) is 6.04 Å². The Morgan fingerprint density at radius 1 is 1.43 bits per heavy atom. The fourth-order valence-electron chi connectivity index (χ4n) is 2.10. The molecule has 0 bridgehead atoms. The molecule has 0 spiro atoms. The van der Waals surface area contributed by atoms with E-state index in [1.165, 1.54) is 4.90 Å². The molecule has 1 heterocycles. The maximum Gasteiger partial charge on any atom is 0.405 e. The molecule has 2 rings (SSSR count). The standard InChI is InChI=1S/C14H19BrF3N3/c1-9(2)21(8-14(16,17)18)13-10(5-11(15)7-20-13)6-19-12-3-4-12/h5,7,9,12,19H,3-4,6,8H2,1-2H3. The molecule has 1 saturated carbocycles. The van der Waals surface area contributed by atoms with E-state index in [1.54, 1.807) is 20.0 Å². The number of aromatic nitrogens is 1. The molecule has 0 radical (unpaired) electrons. The zero-order valence-electron chi connectivity index (χ0n) is 12.0. The second kappa shape index (κ2) is 6.52. The number of pyridine rings is 1. The Kier molecular flexibility index (Phi) is 5.14. The van der Waals surface area contributed by atoms with Crippen LogP contribution in [-0.4, -0.2) is 29.8 Å². The number of nitrogens with one attached hydrogen (secondary N) is 1. The molecular formula is C14H19BrF3N3. The van der Waals surface area contributed by atoms with Gasteiger partial charge < -0.3 is 10.2 Å². The number of alkyl halides is 3. The van der Waals surface area contributed by atoms with Gasteiger partial charge in [0.15, 0.2) is 0 Å². The van der Waals surface area contributed by atoms with Gasteiger partial charge in [-0.05, 0) is 48.7 Å². The smallest absolute Gasteiger partial charge is 0.345 e. The first kappa shape index (κ1) is 16.5. The highest BCUT2D eigenvalue weighted by molar-refractivity contribution is 9.10. The molecule has 118 valence electrons. The van der Waals surface area contributed by atoms with Gasteiger partial charge in [-0.3, -0.25) is 0 Å². The predicted octanol–water partition coefficient (Wildman–Crippen LogP) is 3.87. The molecule has 0 atom stereocenters. The molecular weight excluding hydrogens is 347 g/mol. The van der Waals surface area contributed by atoms with Crippen molar-refractivity contribution in [2.75, 3.05) is 11.4 Å². The van der Waals surface area contributed by atoms with Crippen LogP contribution < -0.4 is 10.2 Å². The van der Waals surface area contributed by atoms with Gasteiger partial charge in [-0.2, -0.15) is 13.2 Å². The molecule has 1 aromatic rings. The Hall–Kier alpha value is -0.820. The van der Waals surface area contributed by atoms with Crippen molar-refractivity contribution >= 4 is 21.7 Å². The Morgan fingerprint density at radius 3 is 2.62 bits per heavy atom. The van der Waals surface area contributed by atoms with Crippen molar-refractivity contribution in [1.82, 2.24) is 10.3 Å². The Balaban J connectivity index is 2.24. The molecule has 0 saturated heterocycles. The third-order valence-electron chi connectivity index (χ3n) is 3.31. The summed E-state index contributed by atoms with van der Waals surface area (Å²) in [5.41, 5.74) is 0.786. The molecule has 1 aliphatic carbocycles. The summed E-state index contributed by atoms with van der Waals surface area (Å²) < 4.78 is 39.2. The summed E-state index contributed by atoms with van der Waals surface area (Å²) >= 11 is 3.34. The number of nitrogens with zero attached hydrogens (tertiary/aromatic N) is 2. The number of halogens is 4. The number of hydrogen-bond acceptors (Lipinski definition) is 3. The van der Waals surface area contributed by atoms with Gasteiger partial charge in [-0.15, -0.1) is 0 Å². The van der Waals surface area contributed by atoms with Crippen LogP contribution in [0.5, 0.6) is 0 Å². The second-order valence-electron chi connectivity index (χ2n) is 5.63. The Morgan fingerprint density at radius 2 is 2.10 bits per heavy atom. The largest absolute Gasteiger partial charge is 0.405 e. The van der Waals surface area contributed by atoms with Gasteiger partial charge >= 0.3 is 6.18 Å². The summed E-state index contributed by atoms with van der Waals surface area (Å²) in [5, 5.41) is 3.33. The monoisotopic (exact) mass is 365 g/mol. The van der Waals surface area contributed by atoms with E-state index in [0.29, 0.717) is 18.4 Å². The van der Waals surface area contributed by atoms with Crippen molar-refractivity contribution in [2.45, 2.75) is 51.5 Å². The number of anilines is 1. The summed E-state index contributed by atoms with van der Waals surface area (Å²) in [4.78, 5) is 5.52. The lowest BCUT2D eigenvalue weighted by atomic mass is 10.2. The van der Waals surface area contributed by atoms with Gasteiger partial charge in [0, 0.05) is 34.9 Å². The summed E-state index contributed by atoms with van der Waals surface area (Å²) in [6.45, 7) is 3.03. The van der Waals surface area contributed by atoms with Gasteiger partial charge in [0.1, 0.15) is 12.4 Å². The van der Waals surface area contributed by atoms with Crippen LogP contribution >= 0.6 is 15.9 Å². The summed E-state index contributed by atoms with van der Waals surface area (Å²) in [6, 6.07) is 2.05. The minimum Gasteiger partial charge on any atom is -0.345 e. The predicted molar refractivity (Wildman–Crippen MR) is 80.3 cm³/mol. The van der Waals surface area contributed by atoms with E-state index in [9.17, 15) is 13.2 Å². The van der Waals surface area contributed by atoms with Crippen LogP contribution in [-0.2, 0) is 6.54 Å². The lowest BCUT2D eigenvalue weighted by Gasteiger charge is -2.30. The van der Waals surface area contributed by atoms with E-state index in [1.807, 2.05) is 6.07 Å². The maximum atomic E-state index is 12.8. The quantitative estimate of drug-likeness (QED) is 0.829. The SMILES string of the molecule is CC(C)N(CC(F)(F)F)c1ncc(Br)cc1CNC1CC1. The first-order valence-corrected chi connectivity index (χ1v) is 7.77. The van der Waals surface area contributed by atoms with Crippen LogP contribution in [0.3, 0.4) is 0 Å². The minimum atomic E-state index is -4.25.